The number of carbonyl (C=O) groups excluding carboxylic acids is 1. The van der Waals surface area contributed by atoms with Crippen LogP contribution in [0.25, 0.3) is 43.6 Å². The number of benzene rings is 3. The smallest absolute Gasteiger partial charge is 0.162 e. The van der Waals surface area contributed by atoms with E-state index < -0.39 is 0 Å². The summed E-state index contributed by atoms with van der Waals surface area (Å²) in [5.41, 5.74) is 5.79. The molecular formula is C45H57IrN2O2-. The van der Waals surface area contributed by atoms with E-state index in [2.05, 4.69) is 109 Å². The van der Waals surface area contributed by atoms with Crippen LogP contribution in [0.15, 0.2) is 72.6 Å². The minimum atomic E-state index is 0. The van der Waals surface area contributed by atoms with Gasteiger partial charge in [-0.3, -0.25) is 14.8 Å². The molecule has 0 aliphatic heterocycles. The average molecular weight is 850 g/mol. The van der Waals surface area contributed by atoms with Gasteiger partial charge in [-0.25, -0.2) is 0 Å². The van der Waals surface area contributed by atoms with Crippen LogP contribution in [0.2, 0.25) is 0 Å². The Labute approximate surface area is 314 Å². The SMILES string of the molecule is CCC(CC)C(=O)/C=C(\O)C(CC)CC.Cc1cc2c(ccc3c(-c4[c-]c5ccccc5c(C(C)(C)C)c4)nccc32)c(CC(C)(C)C)n1.[Ir]. The van der Waals surface area contributed by atoms with E-state index in [1.807, 2.05) is 33.9 Å². The number of rotatable bonds is 9. The van der Waals surface area contributed by atoms with Crippen molar-refractivity contribution < 1.29 is 30.0 Å². The Morgan fingerprint density at radius 2 is 1.42 bits per heavy atom. The molecule has 1 radical (unpaired) electrons. The second-order valence-corrected chi connectivity index (χ2v) is 15.8. The van der Waals surface area contributed by atoms with Gasteiger partial charge in [0.25, 0.3) is 0 Å². The Balaban J connectivity index is 0.000000361. The minimum Gasteiger partial charge on any atom is -0.512 e. The maximum absolute atomic E-state index is 11.7. The van der Waals surface area contributed by atoms with Crippen LogP contribution < -0.4 is 0 Å². The van der Waals surface area contributed by atoms with Gasteiger partial charge in [0.05, 0.1) is 5.76 Å². The third kappa shape index (κ3) is 9.68. The molecule has 0 saturated heterocycles. The van der Waals surface area contributed by atoms with Gasteiger partial charge in [-0.15, -0.1) is 29.1 Å². The normalized spacial score (nSPS) is 12.4. The molecule has 0 spiro atoms. The Morgan fingerprint density at radius 1 is 0.800 bits per heavy atom. The van der Waals surface area contributed by atoms with Crippen molar-refractivity contribution in [3.05, 3.63) is 95.6 Å². The molecule has 0 bridgehead atoms. The van der Waals surface area contributed by atoms with Crippen LogP contribution in [0.4, 0.5) is 0 Å². The molecule has 0 atom stereocenters. The van der Waals surface area contributed by atoms with Crippen LogP contribution in [-0.4, -0.2) is 20.9 Å². The van der Waals surface area contributed by atoms with Gasteiger partial charge in [0.2, 0.25) is 0 Å². The maximum atomic E-state index is 11.7. The van der Waals surface area contributed by atoms with Gasteiger partial charge in [0.1, 0.15) is 0 Å². The summed E-state index contributed by atoms with van der Waals surface area (Å²) in [4.78, 5) is 21.5. The molecule has 0 aliphatic rings. The molecule has 2 heterocycles. The first kappa shape index (κ1) is 41.0. The molecule has 2 aromatic heterocycles. The molecule has 0 unspecified atom stereocenters. The van der Waals surface area contributed by atoms with Crippen molar-refractivity contribution in [1.82, 2.24) is 9.97 Å². The number of carbonyl (C=O) groups is 1. The van der Waals surface area contributed by atoms with Gasteiger partial charge in [0.15, 0.2) is 5.78 Å². The van der Waals surface area contributed by atoms with Crippen molar-refractivity contribution in [2.45, 2.75) is 114 Å². The topological polar surface area (TPSA) is 63.1 Å². The molecule has 5 aromatic rings. The van der Waals surface area contributed by atoms with Crippen LogP contribution in [0.1, 0.15) is 112 Å². The van der Waals surface area contributed by atoms with E-state index in [0.29, 0.717) is 0 Å². The van der Waals surface area contributed by atoms with Gasteiger partial charge < -0.3 is 5.11 Å². The molecule has 4 nitrogen and oxygen atoms in total. The summed E-state index contributed by atoms with van der Waals surface area (Å²) in [7, 11) is 0. The number of aliphatic hydroxyl groups is 1. The van der Waals surface area contributed by atoms with E-state index in [1.54, 1.807) is 0 Å². The zero-order valence-corrected chi connectivity index (χ0v) is 34.5. The summed E-state index contributed by atoms with van der Waals surface area (Å²) in [6.45, 7) is 23.8. The van der Waals surface area contributed by atoms with Gasteiger partial charge in [0, 0.05) is 66.7 Å². The maximum Gasteiger partial charge on any atom is 0.162 e. The number of aliphatic hydroxyl groups excluding tert-OH is 1. The summed E-state index contributed by atoms with van der Waals surface area (Å²) < 4.78 is 0. The number of pyridine rings is 2. The molecule has 0 amide bonds. The number of allylic oxidation sites excluding steroid dienone is 2. The molecule has 0 fully saturated rings. The van der Waals surface area contributed by atoms with Gasteiger partial charge in [-0.2, -0.15) is 0 Å². The summed E-state index contributed by atoms with van der Waals surface area (Å²) in [6.07, 6.45) is 7.79. The Bertz CT molecular complexity index is 1950. The monoisotopic (exact) mass is 850 g/mol. The number of fused-ring (bicyclic) bond motifs is 4. The summed E-state index contributed by atoms with van der Waals surface area (Å²) in [5, 5.41) is 17.0. The largest absolute Gasteiger partial charge is 0.512 e. The quantitative estimate of drug-likeness (QED) is 0.0694. The van der Waals surface area contributed by atoms with Crippen molar-refractivity contribution in [2.24, 2.45) is 17.3 Å². The fraction of sp³-hybridized carbons (Fsp3) is 0.444. The van der Waals surface area contributed by atoms with Crippen LogP contribution in [-0.2, 0) is 36.7 Å². The van der Waals surface area contributed by atoms with E-state index in [-0.39, 0.29) is 54.3 Å². The number of hydrogen-bond donors (Lipinski definition) is 1. The molecule has 0 saturated carbocycles. The summed E-state index contributed by atoms with van der Waals surface area (Å²) >= 11 is 0. The number of hydrogen-bond acceptors (Lipinski definition) is 4. The molecule has 5 heteroatoms. The van der Waals surface area contributed by atoms with E-state index >= 15 is 0 Å². The molecule has 0 aliphatic carbocycles. The third-order valence-electron chi connectivity index (χ3n) is 9.58. The Kier molecular flexibility index (Phi) is 14.1. The Morgan fingerprint density at radius 3 is 2.02 bits per heavy atom. The first-order chi connectivity index (χ1) is 23.1. The zero-order valence-electron chi connectivity index (χ0n) is 32.1. The van der Waals surface area contributed by atoms with Gasteiger partial charge in [-0.05, 0) is 78.1 Å². The molecule has 269 valence electrons. The first-order valence-corrected chi connectivity index (χ1v) is 18.2. The van der Waals surface area contributed by atoms with Crippen molar-refractivity contribution in [2.75, 3.05) is 0 Å². The molecule has 50 heavy (non-hydrogen) atoms. The van der Waals surface area contributed by atoms with Crippen LogP contribution in [0.3, 0.4) is 0 Å². The number of aryl methyl sites for hydroxylation is 1. The number of aromatic nitrogens is 2. The first-order valence-electron chi connectivity index (χ1n) is 18.2. The predicted molar refractivity (Wildman–Crippen MR) is 209 cm³/mol. The number of nitrogens with zero attached hydrogens (tertiary/aromatic N) is 2. The second-order valence-electron chi connectivity index (χ2n) is 15.8. The van der Waals surface area contributed by atoms with E-state index in [9.17, 15) is 9.90 Å². The number of ketones is 1. The van der Waals surface area contributed by atoms with Crippen molar-refractivity contribution in [3.63, 3.8) is 0 Å². The van der Waals surface area contributed by atoms with Gasteiger partial charge in [-0.1, -0.05) is 111 Å². The van der Waals surface area contributed by atoms with Gasteiger partial charge >= 0.3 is 0 Å². The third-order valence-corrected chi connectivity index (χ3v) is 9.58. The summed E-state index contributed by atoms with van der Waals surface area (Å²) in [5.74, 6) is 0.547. The molecule has 1 N–H and O–H groups in total. The van der Waals surface area contributed by atoms with E-state index in [4.69, 9.17) is 9.97 Å². The predicted octanol–water partition coefficient (Wildman–Crippen LogP) is 12.5. The molecule has 5 rings (SSSR count). The van der Waals surface area contributed by atoms with E-state index in [0.717, 1.165) is 59.8 Å². The standard InChI is InChI=1S/C32H33N2.C13H24O2.Ir/c1-20-16-27-24-14-15-33-30(26(24)13-12-25(27)29(34-20)19-31(2,3)4)22-17-21-10-8-9-11-23(21)28(18-22)32(5,6)7;1-5-10(6-2)12(14)9-13(15)11(7-3)8-4;/h8-16,18H,19H2,1-7H3;9-11,14H,5-8H2,1-4H3;/q-1;;/b;12-9-;. The van der Waals surface area contributed by atoms with Crippen molar-refractivity contribution >= 4 is 38.1 Å². The van der Waals surface area contributed by atoms with Crippen molar-refractivity contribution in [1.29, 1.82) is 0 Å². The minimum absolute atomic E-state index is 0. The fourth-order valence-electron chi connectivity index (χ4n) is 6.81. The van der Waals surface area contributed by atoms with Crippen LogP contribution in [0, 0.1) is 30.2 Å². The van der Waals surface area contributed by atoms with Crippen LogP contribution >= 0.6 is 0 Å². The van der Waals surface area contributed by atoms with Crippen molar-refractivity contribution in [3.8, 4) is 11.3 Å². The average Bonchev–Trinajstić information content (AvgIpc) is 3.04. The fourth-order valence-corrected chi connectivity index (χ4v) is 6.81. The summed E-state index contributed by atoms with van der Waals surface area (Å²) in [6, 6.07) is 23.3. The zero-order chi connectivity index (χ0) is 36.1. The Hall–Kier alpha value is -3.40. The van der Waals surface area contributed by atoms with Crippen LogP contribution in [0.5, 0.6) is 0 Å². The second kappa shape index (κ2) is 17.2. The molecular weight excluding hydrogens is 793 g/mol. The molecule has 3 aromatic carbocycles. The van der Waals surface area contributed by atoms with E-state index in [1.165, 1.54) is 38.9 Å².